The molecule has 3 atom stereocenters. The van der Waals surface area contributed by atoms with Crippen molar-refractivity contribution < 1.29 is 13.2 Å². The van der Waals surface area contributed by atoms with Gasteiger partial charge in [-0.2, -0.15) is 13.2 Å². The van der Waals surface area contributed by atoms with Gasteiger partial charge in [0, 0.05) is 73.3 Å². The number of aromatic nitrogens is 1. The summed E-state index contributed by atoms with van der Waals surface area (Å²) < 4.78 is 39.8. The predicted octanol–water partition coefficient (Wildman–Crippen LogP) is 4.09. The van der Waals surface area contributed by atoms with E-state index in [1.807, 2.05) is 13.8 Å². The highest BCUT2D eigenvalue weighted by molar-refractivity contribution is 6.12. The number of rotatable bonds is 6. The molecule has 0 bridgehead atoms. The van der Waals surface area contributed by atoms with Crippen LogP contribution in [0.3, 0.4) is 0 Å². The van der Waals surface area contributed by atoms with Crippen LogP contribution in [0.15, 0.2) is 17.3 Å². The van der Waals surface area contributed by atoms with Crippen molar-refractivity contribution in [3.63, 3.8) is 0 Å². The second-order valence-electron chi connectivity index (χ2n) is 10.8. The van der Waals surface area contributed by atoms with Gasteiger partial charge < -0.3 is 11.1 Å². The lowest BCUT2D eigenvalue weighted by Crippen LogP contribution is -2.53. The molecule has 5 rings (SSSR count). The maximum absolute atomic E-state index is 13.3. The summed E-state index contributed by atoms with van der Waals surface area (Å²) in [7, 11) is 0. The normalized spacial score (nSPS) is 32.2. The number of nitrogens with zero attached hydrogens (tertiary/aromatic N) is 4. The minimum absolute atomic E-state index is 0.0886. The van der Waals surface area contributed by atoms with Gasteiger partial charge in [-0.05, 0) is 64.0 Å². The van der Waals surface area contributed by atoms with Crippen LogP contribution in [0.2, 0.25) is 0 Å². The van der Waals surface area contributed by atoms with E-state index >= 15 is 0 Å². The Balaban J connectivity index is 1.24. The fraction of sp³-hybridized carbons (Fsp3) is 0.720. The molecule has 1 aromatic heterocycles. The van der Waals surface area contributed by atoms with E-state index < -0.39 is 17.6 Å². The first-order chi connectivity index (χ1) is 16.1. The summed E-state index contributed by atoms with van der Waals surface area (Å²) in [6.45, 7) is 8.82. The maximum atomic E-state index is 13.3. The first kappa shape index (κ1) is 23.7. The van der Waals surface area contributed by atoms with Gasteiger partial charge in [0.05, 0.1) is 5.56 Å². The standard InChI is InChI=1S/C25H35F3N6/c1-14(2)32-22(11-21(29)15-8-20(25(26,27)28)24(30)31-12-15)23-18-9-17(10-19(18)23)34-7-6-33-5-3-4-16(33)13-34/h8,12,14,16-19,23,29H,3-7,9-11,13H2,1-2H3,(H2,30,31). The third-order valence-electron chi connectivity index (χ3n) is 8.29. The van der Waals surface area contributed by atoms with Crippen LogP contribution in [-0.2, 0) is 6.18 Å². The number of halogens is 3. The molecule has 0 radical (unpaired) electrons. The number of fused-ring (bicyclic) bond motifs is 2. The van der Waals surface area contributed by atoms with E-state index in [2.05, 4.69) is 14.8 Å². The fourth-order valence-electron chi connectivity index (χ4n) is 6.68. The number of hydrogen-bond acceptors (Lipinski definition) is 6. The summed E-state index contributed by atoms with van der Waals surface area (Å²) in [5.41, 5.74) is 5.71. The highest BCUT2D eigenvalue weighted by Crippen LogP contribution is 2.59. The van der Waals surface area contributed by atoms with Gasteiger partial charge in [0.2, 0.25) is 0 Å². The predicted molar refractivity (Wildman–Crippen MR) is 127 cm³/mol. The first-order valence-corrected chi connectivity index (χ1v) is 12.6. The fourth-order valence-corrected chi connectivity index (χ4v) is 6.68. The second kappa shape index (κ2) is 8.90. The maximum Gasteiger partial charge on any atom is 0.419 e. The van der Waals surface area contributed by atoms with Gasteiger partial charge in [0.1, 0.15) is 5.82 Å². The van der Waals surface area contributed by atoms with Crippen LogP contribution >= 0.6 is 0 Å². The Morgan fingerprint density at radius 3 is 2.56 bits per heavy atom. The molecular formula is C25H35F3N6. The number of pyridine rings is 1. The van der Waals surface area contributed by atoms with E-state index in [0.717, 1.165) is 24.4 Å². The van der Waals surface area contributed by atoms with Gasteiger partial charge in [-0.15, -0.1) is 0 Å². The third-order valence-corrected chi connectivity index (χ3v) is 8.29. The van der Waals surface area contributed by atoms with Crippen LogP contribution in [0, 0.1) is 23.2 Å². The summed E-state index contributed by atoms with van der Waals surface area (Å²) in [6.07, 6.45) is 1.95. The zero-order chi connectivity index (χ0) is 24.2. The summed E-state index contributed by atoms with van der Waals surface area (Å²) >= 11 is 0. The number of anilines is 1. The molecule has 6 nitrogen and oxygen atoms in total. The van der Waals surface area contributed by atoms with E-state index in [0.29, 0.717) is 23.8 Å². The van der Waals surface area contributed by atoms with Crippen molar-refractivity contribution in [1.82, 2.24) is 14.8 Å². The topological polar surface area (TPSA) is 81.6 Å². The minimum atomic E-state index is -4.59. The number of nitrogen functional groups attached to an aromatic ring is 1. The van der Waals surface area contributed by atoms with Crippen LogP contribution in [0.25, 0.3) is 0 Å². The monoisotopic (exact) mass is 476 g/mol. The molecule has 3 heterocycles. The van der Waals surface area contributed by atoms with Gasteiger partial charge in [-0.1, -0.05) is 0 Å². The largest absolute Gasteiger partial charge is 0.419 e. The van der Waals surface area contributed by atoms with Gasteiger partial charge >= 0.3 is 6.18 Å². The van der Waals surface area contributed by atoms with Crippen LogP contribution in [0.4, 0.5) is 19.0 Å². The summed E-state index contributed by atoms with van der Waals surface area (Å²) in [4.78, 5) is 13.9. The Morgan fingerprint density at radius 2 is 1.88 bits per heavy atom. The molecule has 3 N–H and O–H groups in total. The molecule has 2 aliphatic heterocycles. The van der Waals surface area contributed by atoms with E-state index in [1.54, 1.807) is 0 Å². The smallest absolute Gasteiger partial charge is 0.383 e. The quantitative estimate of drug-likeness (QED) is 0.606. The number of piperazine rings is 1. The van der Waals surface area contributed by atoms with Crippen LogP contribution < -0.4 is 5.73 Å². The molecule has 2 saturated heterocycles. The Bertz CT molecular complexity index is 962. The Labute approximate surface area is 199 Å². The third kappa shape index (κ3) is 4.61. The van der Waals surface area contributed by atoms with Crippen molar-refractivity contribution in [2.75, 3.05) is 31.9 Å². The molecule has 2 saturated carbocycles. The number of nitrogens with two attached hydrogens (primary N) is 1. The molecule has 4 fully saturated rings. The highest BCUT2D eigenvalue weighted by Gasteiger charge is 2.59. The minimum Gasteiger partial charge on any atom is -0.383 e. The van der Waals surface area contributed by atoms with Crippen molar-refractivity contribution in [1.29, 1.82) is 5.41 Å². The van der Waals surface area contributed by atoms with Gasteiger partial charge in [0.25, 0.3) is 0 Å². The van der Waals surface area contributed by atoms with E-state index in [-0.39, 0.29) is 23.7 Å². The molecule has 4 aliphatic rings. The van der Waals surface area contributed by atoms with Gasteiger partial charge in [0.15, 0.2) is 0 Å². The molecule has 9 heteroatoms. The zero-order valence-corrected chi connectivity index (χ0v) is 20.0. The average molecular weight is 477 g/mol. The van der Waals surface area contributed by atoms with Crippen LogP contribution in [0.5, 0.6) is 0 Å². The lowest BCUT2D eigenvalue weighted by molar-refractivity contribution is -0.137. The number of nitrogens with one attached hydrogen (secondary N) is 1. The van der Waals surface area contributed by atoms with Crippen LogP contribution in [0.1, 0.15) is 57.1 Å². The lowest BCUT2D eigenvalue weighted by atomic mass is 9.96. The van der Waals surface area contributed by atoms with Crippen molar-refractivity contribution >= 4 is 17.2 Å². The SMILES string of the molecule is CC(C)N=C(CC(=N)c1cnc(N)c(C(F)(F)F)c1)C1C2CC(N3CCN4CCCC4C3)CC21. The number of aliphatic imine (C=N–C) groups is 1. The van der Waals surface area contributed by atoms with E-state index in [9.17, 15) is 13.2 Å². The van der Waals surface area contributed by atoms with Crippen LogP contribution in [-0.4, -0.2) is 70.5 Å². The first-order valence-electron chi connectivity index (χ1n) is 12.6. The van der Waals surface area contributed by atoms with Gasteiger partial charge in [-0.25, -0.2) is 4.98 Å². The summed E-state index contributed by atoms with van der Waals surface area (Å²) in [5.74, 6) is 0.983. The molecule has 0 aromatic carbocycles. The van der Waals surface area contributed by atoms with Crippen molar-refractivity contribution in [2.45, 2.75) is 70.3 Å². The van der Waals surface area contributed by atoms with Crippen molar-refractivity contribution in [3.8, 4) is 0 Å². The van der Waals surface area contributed by atoms with E-state index in [1.165, 1.54) is 51.5 Å². The molecule has 34 heavy (non-hydrogen) atoms. The molecule has 0 amide bonds. The zero-order valence-electron chi connectivity index (χ0n) is 20.0. The molecule has 2 aliphatic carbocycles. The molecular weight excluding hydrogens is 441 g/mol. The Hall–Kier alpha value is -2.00. The Morgan fingerprint density at radius 1 is 1.18 bits per heavy atom. The lowest BCUT2D eigenvalue weighted by Gasteiger charge is -2.41. The van der Waals surface area contributed by atoms with Crippen molar-refractivity contribution in [2.24, 2.45) is 22.7 Å². The molecule has 186 valence electrons. The number of alkyl halides is 3. The number of hydrogen-bond donors (Lipinski definition) is 2. The summed E-state index contributed by atoms with van der Waals surface area (Å²) in [5, 5.41) is 8.53. The highest BCUT2D eigenvalue weighted by atomic mass is 19.4. The molecule has 3 unspecified atom stereocenters. The summed E-state index contributed by atoms with van der Waals surface area (Å²) in [6, 6.07) is 2.41. The second-order valence-corrected chi connectivity index (χ2v) is 10.8. The van der Waals surface area contributed by atoms with E-state index in [4.69, 9.17) is 16.1 Å². The van der Waals surface area contributed by atoms with Crippen molar-refractivity contribution in [3.05, 3.63) is 23.4 Å². The molecule has 0 spiro atoms. The van der Waals surface area contributed by atoms with Gasteiger partial charge in [-0.3, -0.25) is 14.8 Å². The Kier molecular flexibility index (Phi) is 6.21. The average Bonchev–Trinajstić information content (AvgIpc) is 3.11. The molecule has 1 aromatic rings.